The first-order chi connectivity index (χ1) is 12.5. The maximum absolute atomic E-state index is 11.8. The van der Waals surface area contributed by atoms with Gasteiger partial charge in [-0.15, -0.1) is 0 Å². The fourth-order valence-corrected chi connectivity index (χ4v) is 2.66. The number of amides is 2. The SMILES string of the molecule is CC(C)(C)[C@@H](Nc1cnc(C(N)=O)c(NC(=S)/C=C(\N)C2CC2)n1)C(N)=O. The molecule has 2 rings (SSSR count). The number of carbonyl (C=O) groups excluding carboxylic acids is 2. The van der Waals surface area contributed by atoms with Crippen LogP contribution in [0.3, 0.4) is 0 Å². The van der Waals surface area contributed by atoms with Gasteiger partial charge in [-0.3, -0.25) is 9.59 Å². The minimum atomic E-state index is -0.763. The van der Waals surface area contributed by atoms with Crippen molar-refractivity contribution in [1.82, 2.24) is 9.97 Å². The van der Waals surface area contributed by atoms with E-state index in [4.69, 9.17) is 29.4 Å². The molecule has 0 unspecified atom stereocenters. The second-order valence-corrected chi connectivity index (χ2v) is 8.01. The van der Waals surface area contributed by atoms with Gasteiger partial charge in [0.1, 0.15) is 16.8 Å². The second kappa shape index (κ2) is 7.87. The zero-order chi connectivity index (χ0) is 20.4. The van der Waals surface area contributed by atoms with Crippen LogP contribution in [0.2, 0.25) is 0 Å². The highest BCUT2D eigenvalue weighted by molar-refractivity contribution is 7.81. The van der Waals surface area contributed by atoms with Gasteiger partial charge in [0.05, 0.1) is 6.20 Å². The summed E-state index contributed by atoms with van der Waals surface area (Å²) < 4.78 is 0. The Hall–Kier alpha value is -2.75. The Morgan fingerprint density at radius 1 is 1.30 bits per heavy atom. The van der Waals surface area contributed by atoms with Gasteiger partial charge in [0.25, 0.3) is 5.91 Å². The molecule has 0 aliphatic heterocycles. The lowest BCUT2D eigenvalue weighted by atomic mass is 9.86. The number of hydrogen-bond donors (Lipinski definition) is 5. The first-order valence-electron chi connectivity index (χ1n) is 8.49. The number of hydrogen-bond acceptors (Lipinski definition) is 7. The van der Waals surface area contributed by atoms with Crippen molar-refractivity contribution in [3.8, 4) is 0 Å². The third kappa shape index (κ3) is 5.61. The number of nitrogens with zero attached hydrogens (tertiary/aromatic N) is 2. The topological polar surface area (TPSA) is 162 Å². The predicted molar refractivity (Wildman–Crippen MR) is 108 cm³/mol. The average Bonchev–Trinajstić information content (AvgIpc) is 3.35. The van der Waals surface area contributed by atoms with Gasteiger partial charge in [-0.05, 0) is 30.3 Å². The normalized spacial score (nSPS) is 15.7. The lowest BCUT2D eigenvalue weighted by molar-refractivity contribution is -0.120. The molecule has 2 amide bonds. The van der Waals surface area contributed by atoms with Crippen LogP contribution in [0.25, 0.3) is 0 Å². The van der Waals surface area contributed by atoms with Crippen molar-refractivity contribution in [3.63, 3.8) is 0 Å². The number of nitrogens with one attached hydrogen (secondary N) is 2. The van der Waals surface area contributed by atoms with Crippen LogP contribution in [-0.2, 0) is 4.79 Å². The Morgan fingerprint density at radius 2 is 1.93 bits per heavy atom. The van der Waals surface area contributed by atoms with E-state index < -0.39 is 23.3 Å². The summed E-state index contributed by atoms with van der Waals surface area (Å²) in [5.74, 6) is -0.616. The summed E-state index contributed by atoms with van der Waals surface area (Å²) in [4.78, 5) is 32.0. The lowest BCUT2D eigenvalue weighted by Crippen LogP contribution is -2.45. The number of carbonyl (C=O) groups is 2. The highest BCUT2D eigenvalue weighted by Gasteiger charge is 2.30. The smallest absolute Gasteiger partial charge is 0.271 e. The number of thiocarbonyl (C=S) groups is 1. The Labute approximate surface area is 163 Å². The average molecular weight is 392 g/mol. The molecule has 1 atom stereocenters. The zero-order valence-electron chi connectivity index (χ0n) is 15.6. The molecule has 8 N–H and O–H groups in total. The highest BCUT2D eigenvalue weighted by Crippen LogP contribution is 2.33. The molecule has 1 aromatic rings. The van der Waals surface area contributed by atoms with Gasteiger partial charge in [-0.2, -0.15) is 0 Å². The molecular formula is C17H25N7O2S. The van der Waals surface area contributed by atoms with Crippen molar-refractivity contribution < 1.29 is 9.59 Å². The third-order valence-electron chi connectivity index (χ3n) is 4.04. The van der Waals surface area contributed by atoms with Gasteiger partial charge in [0.15, 0.2) is 11.5 Å². The summed E-state index contributed by atoms with van der Waals surface area (Å²) in [6.07, 6.45) is 5.02. The number of anilines is 2. The van der Waals surface area contributed by atoms with Crippen LogP contribution in [-0.4, -0.2) is 32.8 Å². The molecule has 1 heterocycles. The van der Waals surface area contributed by atoms with E-state index in [1.807, 2.05) is 20.8 Å². The van der Waals surface area contributed by atoms with Gasteiger partial charge in [0.2, 0.25) is 5.91 Å². The third-order valence-corrected chi connectivity index (χ3v) is 4.26. The van der Waals surface area contributed by atoms with E-state index in [0.29, 0.717) is 11.6 Å². The van der Waals surface area contributed by atoms with E-state index >= 15 is 0 Å². The Bertz CT molecular complexity index is 797. The summed E-state index contributed by atoms with van der Waals surface area (Å²) in [7, 11) is 0. The zero-order valence-corrected chi connectivity index (χ0v) is 16.4. The van der Waals surface area contributed by atoms with E-state index in [1.54, 1.807) is 6.08 Å². The molecule has 0 aromatic carbocycles. The molecule has 9 nitrogen and oxygen atoms in total. The van der Waals surface area contributed by atoms with E-state index in [1.165, 1.54) is 6.20 Å². The predicted octanol–water partition coefficient (Wildman–Crippen LogP) is 0.879. The molecule has 1 aliphatic carbocycles. The molecule has 0 saturated heterocycles. The monoisotopic (exact) mass is 391 g/mol. The number of aromatic nitrogens is 2. The van der Waals surface area contributed by atoms with Crippen LogP contribution < -0.4 is 27.8 Å². The standard InChI is InChI=1S/C17H25N7O2S/c1-17(2,3)13(15(20)26)22-10-7-21-12(14(19)25)16(23-10)24-11(27)6-9(18)8-4-5-8/h6-8,13H,4-5,18H2,1-3H3,(H2,19,25)(H2,20,26)(H2,22,23,24,27)/b9-6-/t13-/m0/s1. The van der Waals surface area contributed by atoms with Crippen LogP contribution in [0.4, 0.5) is 11.6 Å². The van der Waals surface area contributed by atoms with E-state index in [2.05, 4.69) is 20.6 Å². The number of primary amides is 2. The summed E-state index contributed by atoms with van der Waals surface area (Å²) in [5.41, 5.74) is 16.9. The van der Waals surface area contributed by atoms with E-state index in [9.17, 15) is 9.59 Å². The number of rotatable bonds is 7. The van der Waals surface area contributed by atoms with Crippen LogP contribution in [0.5, 0.6) is 0 Å². The first kappa shape index (κ1) is 20.6. The van der Waals surface area contributed by atoms with Gasteiger partial charge in [-0.25, -0.2) is 9.97 Å². The molecule has 1 fully saturated rings. The van der Waals surface area contributed by atoms with Crippen molar-refractivity contribution in [2.24, 2.45) is 28.5 Å². The minimum absolute atomic E-state index is 0.0762. The first-order valence-corrected chi connectivity index (χ1v) is 8.90. The minimum Gasteiger partial charge on any atom is -0.402 e. The molecule has 146 valence electrons. The fraction of sp³-hybridized carbons (Fsp3) is 0.471. The molecule has 0 spiro atoms. The largest absolute Gasteiger partial charge is 0.402 e. The van der Waals surface area contributed by atoms with Gasteiger partial charge in [-0.1, -0.05) is 33.0 Å². The van der Waals surface area contributed by atoms with Crippen LogP contribution in [0.15, 0.2) is 18.0 Å². The van der Waals surface area contributed by atoms with Crippen LogP contribution in [0, 0.1) is 11.3 Å². The Morgan fingerprint density at radius 3 is 2.41 bits per heavy atom. The van der Waals surface area contributed by atoms with Crippen molar-refractivity contribution in [2.45, 2.75) is 39.7 Å². The maximum atomic E-state index is 11.8. The molecule has 27 heavy (non-hydrogen) atoms. The van der Waals surface area contributed by atoms with Crippen LogP contribution >= 0.6 is 12.2 Å². The van der Waals surface area contributed by atoms with Crippen molar-refractivity contribution in [3.05, 3.63) is 23.7 Å². The second-order valence-electron chi connectivity index (χ2n) is 7.57. The molecule has 0 bridgehead atoms. The molecular weight excluding hydrogens is 366 g/mol. The Kier molecular flexibility index (Phi) is 5.99. The molecule has 1 aromatic heterocycles. The summed E-state index contributed by atoms with van der Waals surface area (Å²) >= 11 is 5.26. The summed E-state index contributed by atoms with van der Waals surface area (Å²) in [6, 6.07) is -0.698. The quantitative estimate of drug-likeness (QED) is 0.338. The van der Waals surface area contributed by atoms with Crippen molar-refractivity contribution in [1.29, 1.82) is 0 Å². The van der Waals surface area contributed by atoms with Gasteiger partial charge < -0.3 is 27.8 Å². The van der Waals surface area contributed by atoms with Gasteiger partial charge in [0, 0.05) is 5.70 Å². The van der Waals surface area contributed by atoms with Crippen molar-refractivity contribution >= 4 is 40.7 Å². The van der Waals surface area contributed by atoms with Crippen LogP contribution in [0.1, 0.15) is 44.1 Å². The molecule has 10 heteroatoms. The highest BCUT2D eigenvalue weighted by atomic mass is 32.1. The molecule has 1 saturated carbocycles. The van der Waals surface area contributed by atoms with E-state index in [-0.39, 0.29) is 22.3 Å². The summed E-state index contributed by atoms with van der Waals surface area (Å²) in [5, 5.41) is 5.78. The molecule has 0 radical (unpaired) electrons. The number of nitrogens with two attached hydrogens (primary N) is 3. The molecule has 1 aliphatic rings. The fourth-order valence-electron chi connectivity index (χ4n) is 2.43. The maximum Gasteiger partial charge on any atom is 0.271 e. The van der Waals surface area contributed by atoms with Gasteiger partial charge >= 0.3 is 0 Å². The lowest BCUT2D eigenvalue weighted by Gasteiger charge is -2.29. The Balaban J connectivity index is 2.27. The number of allylic oxidation sites excluding steroid dienone is 1. The van der Waals surface area contributed by atoms with E-state index in [0.717, 1.165) is 12.8 Å². The van der Waals surface area contributed by atoms with Crippen molar-refractivity contribution in [2.75, 3.05) is 10.6 Å². The summed E-state index contributed by atoms with van der Waals surface area (Å²) in [6.45, 7) is 5.58.